The Labute approximate surface area is 136 Å². The predicted molar refractivity (Wildman–Crippen MR) is 77.4 cm³/mol. The molecule has 0 aromatic carbocycles. The van der Waals surface area contributed by atoms with Crippen molar-refractivity contribution >= 4 is 49.1 Å². The molecule has 0 amide bonds. The zero-order valence-corrected chi connectivity index (χ0v) is 14.6. The van der Waals surface area contributed by atoms with Gasteiger partial charge in [0, 0.05) is 12.4 Å². The lowest BCUT2D eigenvalue weighted by Gasteiger charge is -2.20. The molecule has 0 spiro atoms. The number of rotatable bonds is 9. The Kier molecular flexibility index (Phi) is 7.56. The van der Waals surface area contributed by atoms with E-state index in [0.29, 0.717) is 0 Å². The SMILES string of the molecule is [B]C1CC(OC=S)C(COP(=O)(O)OP(=O)(O)OP(=O)(O)O)O1. The standard InChI is InChI=1S/C6H12BO12P3S/c7-6-1-4(15-3-23)5(17-6)2-16-21(11,12)19-22(13,14)18-20(8,9)10/h3-6H,1-2H2,(H,11,12)(H,13,14)(H2,8,9,10). The summed E-state index contributed by atoms with van der Waals surface area (Å²) in [4.78, 5) is 35.0. The molecule has 0 aromatic rings. The van der Waals surface area contributed by atoms with Crippen molar-refractivity contribution in [1.82, 2.24) is 0 Å². The Balaban J connectivity index is 2.61. The molecule has 1 aliphatic rings. The first-order valence-corrected chi connectivity index (χ1v) is 10.6. The summed E-state index contributed by atoms with van der Waals surface area (Å²) in [7, 11) is -10.7. The Morgan fingerprint density at radius 3 is 2.30 bits per heavy atom. The molecule has 4 N–H and O–H groups in total. The van der Waals surface area contributed by atoms with E-state index < -0.39 is 48.3 Å². The van der Waals surface area contributed by atoms with Crippen molar-refractivity contribution < 1.29 is 55.9 Å². The highest BCUT2D eigenvalue weighted by Gasteiger charge is 2.42. The Morgan fingerprint density at radius 2 is 1.78 bits per heavy atom. The maximum atomic E-state index is 11.5. The lowest BCUT2D eigenvalue weighted by Crippen LogP contribution is -2.28. The van der Waals surface area contributed by atoms with Gasteiger partial charge in [0.15, 0.2) is 0 Å². The molecule has 5 atom stereocenters. The van der Waals surface area contributed by atoms with E-state index in [1.54, 1.807) is 0 Å². The average molecular weight is 412 g/mol. The lowest BCUT2D eigenvalue weighted by molar-refractivity contribution is 0.00240. The Morgan fingerprint density at radius 1 is 1.17 bits per heavy atom. The smallest absolute Gasteiger partial charge is 0.484 e. The molecule has 1 heterocycles. The fraction of sp³-hybridized carbons (Fsp3) is 0.833. The highest BCUT2D eigenvalue weighted by atomic mass is 32.1. The molecule has 0 aromatic heterocycles. The number of hydrogen-bond donors (Lipinski definition) is 4. The van der Waals surface area contributed by atoms with Gasteiger partial charge in [0.2, 0.25) is 0 Å². The first kappa shape index (κ1) is 21.4. The van der Waals surface area contributed by atoms with Gasteiger partial charge >= 0.3 is 23.5 Å². The van der Waals surface area contributed by atoms with Gasteiger partial charge in [-0.15, -0.1) is 0 Å². The van der Waals surface area contributed by atoms with Crippen molar-refractivity contribution in [2.24, 2.45) is 0 Å². The van der Waals surface area contributed by atoms with Crippen molar-refractivity contribution in [1.29, 1.82) is 0 Å². The third-order valence-corrected chi connectivity index (χ3v) is 6.19. The molecule has 1 fully saturated rings. The molecule has 23 heavy (non-hydrogen) atoms. The highest BCUT2D eigenvalue weighted by molar-refractivity contribution is 7.78. The van der Waals surface area contributed by atoms with Crippen LogP contribution < -0.4 is 0 Å². The number of hydrogen-bond acceptors (Lipinski definition) is 9. The summed E-state index contributed by atoms with van der Waals surface area (Å²) in [6.45, 7) is -0.648. The molecular weight excluding hydrogens is 400 g/mol. The number of thiocarbonyl (C=S) groups is 1. The van der Waals surface area contributed by atoms with Crippen LogP contribution in [0.2, 0.25) is 0 Å². The monoisotopic (exact) mass is 412 g/mol. The van der Waals surface area contributed by atoms with Crippen molar-refractivity contribution in [3.05, 3.63) is 0 Å². The van der Waals surface area contributed by atoms with Crippen LogP contribution >= 0.6 is 35.7 Å². The van der Waals surface area contributed by atoms with Gasteiger partial charge in [0.05, 0.1) is 6.61 Å². The highest BCUT2D eigenvalue weighted by Crippen LogP contribution is 2.66. The van der Waals surface area contributed by atoms with E-state index in [1.165, 1.54) is 0 Å². The van der Waals surface area contributed by atoms with Crippen LogP contribution in [0.5, 0.6) is 0 Å². The summed E-state index contributed by atoms with van der Waals surface area (Å²) in [5.74, 6) is 0. The molecule has 0 aliphatic carbocycles. The van der Waals surface area contributed by atoms with Crippen LogP contribution in [0.4, 0.5) is 0 Å². The van der Waals surface area contributed by atoms with Gasteiger partial charge in [0.25, 0.3) is 0 Å². The molecule has 5 unspecified atom stereocenters. The first-order chi connectivity index (χ1) is 10.3. The zero-order chi connectivity index (χ0) is 17.9. The van der Waals surface area contributed by atoms with Crippen molar-refractivity contribution in [3.63, 3.8) is 0 Å². The summed E-state index contributed by atoms with van der Waals surface area (Å²) >= 11 is 4.49. The van der Waals surface area contributed by atoms with E-state index >= 15 is 0 Å². The second-order valence-corrected chi connectivity index (χ2v) is 8.72. The van der Waals surface area contributed by atoms with Crippen LogP contribution in [0.25, 0.3) is 0 Å². The Hall–Kier alpha value is 0.325. The number of phosphoric acid groups is 3. The van der Waals surface area contributed by atoms with Crippen LogP contribution in [0.15, 0.2) is 0 Å². The van der Waals surface area contributed by atoms with Gasteiger partial charge in [-0.05, 0) is 12.2 Å². The van der Waals surface area contributed by atoms with Gasteiger partial charge < -0.3 is 29.0 Å². The van der Waals surface area contributed by atoms with E-state index in [1.807, 2.05) is 0 Å². The topological polar surface area (TPSA) is 178 Å². The first-order valence-electron chi connectivity index (χ1n) is 5.62. The molecule has 17 heteroatoms. The van der Waals surface area contributed by atoms with Crippen molar-refractivity contribution in [2.45, 2.75) is 24.6 Å². The van der Waals surface area contributed by atoms with Gasteiger partial charge in [0.1, 0.15) is 25.6 Å². The number of ether oxygens (including phenoxy) is 2. The summed E-state index contributed by atoms with van der Waals surface area (Å²) in [6, 6.07) is -0.746. The predicted octanol–water partition coefficient (Wildman–Crippen LogP) is -0.0444. The summed E-state index contributed by atoms with van der Waals surface area (Å²) < 4.78 is 54.7. The molecule has 0 bridgehead atoms. The van der Waals surface area contributed by atoms with Crippen LogP contribution in [0, 0.1) is 0 Å². The fourth-order valence-corrected chi connectivity index (χ4v) is 4.75. The molecular formula is C6H12BO12P3S. The lowest BCUT2D eigenvalue weighted by atomic mass is 9.96. The maximum Gasteiger partial charge on any atom is 0.490 e. The van der Waals surface area contributed by atoms with Gasteiger partial charge in [-0.3, -0.25) is 4.52 Å². The quantitative estimate of drug-likeness (QED) is 0.225. The number of phosphoric ester groups is 1. The largest absolute Gasteiger partial charge is 0.490 e. The normalized spacial score (nSPS) is 30.3. The van der Waals surface area contributed by atoms with E-state index in [4.69, 9.17) is 32.0 Å². The fourth-order valence-electron chi connectivity index (χ4n) is 1.58. The molecule has 12 nitrogen and oxygen atoms in total. The van der Waals surface area contributed by atoms with E-state index in [-0.39, 0.29) is 6.42 Å². The van der Waals surface area contributed by atoms with Crippen molar-refractivity contribution in [2.75, 3.05) is 6.61 Å². The Bertz CT molecular complexity index is 565. The second kappa shape index (κ2) is 8.14. The maximum absolute atomic E-state index is 11.5. The van der Waals surface area contributed by atoms with Crippen molar-refractivity contribution in [3.8, 4) is 0 Å². The van der Waals surface area contributed by atoms with Crippen LogP contribution in [-0.4, -0.2) is 57.8 Å². The molecule has 0 saturated carbocycles. The third-order valence-electron chi connectivity index (χ3n) is 2.28. The molecule has 1 saturated heterocycles. The minimum Gasteiger partial charge on any atom is -0.484 e. The summed E-state index contributed by atoms with van der Waals surface area (Å²) in [5.41, 5.74) is 0.934. The van der Waals surface area contributed by atoms with E-state index in [2.05, 4.69) is 25.4 Å². The minimum atomic E-state index is -5.56. The second-order valence-electron chi connectivity index (χ2n) is 4.11. The molecule has 1 aliphatic heterocycles. The van der Waals surface area contributed by atoms with Crippen LogP contribution in [-0.2, 0) is 36.3 Å². The molecule has 132 valence electrons. The van der Waals surface area contributed by atoms with Gasteiger partial charge in [-0.2, -0.15) is 8.62 Å². The summed E-state index contributed by atoms with van der Waals surface area (Å²) in [6.07, 6.45) is -1.42. The zero-order valence-electron chi connectivity index (χ0n) is 11.1. The van der Waals surface area contributed by atoms with Crippen LogP contribution in [0.3, 0.4) is 0 Å². The average Bonchev–Trinajstić information content (AvgIpc) is 2.63. The van der Waals surface area contributed by atoms with Gasteiger partial charge in [-0.1, -0.05) is 0 Å². The third kappa shape index (κ3) is 8.30. The minimum absolute atomic E-state index is 0.206. The van der Waals surface area contributed by atoms with Gasteiger partial charge in [-0.25, -0.2) is 13.7 Å². The van der Waals surface area contributed by atoms with Crippen LogP contribution in [0.1, 0.15) is 6.42 Å². The summed E-state index contributed by atoms with van der Waals surface area (Å²) in [5, 5.41) is 0. The van der Waals surface area contributed by atoms with E-state index in [9.17, 15) is 18.6 Å². The molecule has 1 rings (SSSR count). The van der Waals surface area contributed by atoms with E-state index in [0.717, 1.165) is 5.55 Å². The molecule has 2 radical (unpaired) electrons.